The second-order valence-corrected chi connectivity index (χ2v) is 18.6. The van der Waals surface area contributed by atoms with Gasteiger partial charge in [-0.15, -0.1) is 0 Å². The number of aryl methyl sites for hydroxylation is 1. The van der Waals surface area contributed by atoms with Gasteiger partial charge >= 0.3 is 29.9 Å². The SMILES string of the molecule is CC(=O)[C@H](CCCCNC(=O)CCCCCCC(=O)NCCCC[C@@H](NC(=O)[C@@H](Cc1ccccc1)NC(=O)[C@@H](Cc1ccc(O)c(C)c1)NC(=O)CC[C@@H](C)C(=O)O)C(=O)O)NC(=O)N[C@@H](CCC(=O)O)C(=O)O. The van der Waals surface area contributed by atoms with Crippen LogP contribution in [-0.4, -0.2) is 134 Å². The molecular formula is C52H75N7O16. The molecule has 2 aromatic carbocycles. The first-order valence-electron chi connectivity index (χ1n) is 25.3. The Morgan fingerprint density at radius 2 is 0.987 bits per heavy atom. The number of amides is 7. The Kier molecular flexibility index (Phi) is 29.4. The van der Waals surface area contributed by atoms with Crippen molar-refractivity contribution in [2.45, 2.75) is 167 Å². The van der Waals surface area contributed by atoms with Crippen LogP contribution in [0.5, 0.6) is 5.75 Å². The minimum absolute atomic E-state index is 0.0129. The summed E-state index contributed by atoms with van der Waals surface area (Å²) in [7, 11) is 0. The molecule has 0 unspecified atom stereocenters. The molecule has 7 amide bonds. The number of urea groups is 1. The van der Waals surface area contributed by atoms with Crippen molar-refractivity contribution in [3.05, 3.63) is 65.2 Å². The number of carboxylic acid groups (broad SMARTS) is 4. The number of nitrogens with one attached hydrogen (secondary N) is 7. The normalized spacial score (nSPS) is 13.3. The summed E-state index contributed by atoms with van der Waals surface area (Å²) in [5, 5.41) is 65.4. The van der Waals surface area contributed by atoms with Gasteiger partial charge in [0, 0.05) is 51.6 Å². The van der Waals surface area contributed by atoms with E-state index in [0.717, 1.165) is 0 Å². The van der Waals surface area contributed by atoms with E-state index < -0.39 is 90.2 Å². The number of benzene rings is 2. The van der Waals surface area contributed by atoms with Crippen LogP contribution in [0.15, 0.2) is 48.5 Å². The fourth-order valence-electron chi connectivity index (χ4n) is 7.65. The number of hydrogen-bond donors (Lipinski definition) is 12. The zero-order valence-electron chi connectivity index (χ0n) is 43.0. The van der Waals surface area contributed by atoms with Crippen LogP contribution in [0.3, 0.4) is 0 Å². The summed E-state index contributed by atoms with van der Waals surface area (Å²) in [4.78, 5) is 136. The van der Waals surface area contributed by atoms with Gasteiger partial charge in [-0.25, -0.2) is 14.4 Å². The molecule has 0 aliphatic heterocycles. The average molecular weight is 1050 g/mol. The third kappa shape index (κ3) is 27.3. The first-order chi connectivity index (χ1) is 35.6. The number of aliphatic carboxylic acids is 4. The number of phenolic OH excluding ortho intramolecular Hbond substituents is 1. The van der Waals surface area contributed by atoms with Gasteiger partial charge in [0.1, 0.15) is 29.9 Å². The van der Waals surface area contributed by atoms with Gasteiger partial charge in [0.2, 0.25) is 29.5 Å². The predicted octanol–water partition coefficient (Wildman–Crippen LogP) is 3.01. The molecule has 0 fully saturated rings. The van der Waals surface area contributed by atoms with E-state index in [-0.39, 0.29) is 87.7 Å². The minimum Gasteiger partial charge on any atom is -0.508 e. The highest BCUT2D eigenvalue weighted by Crippen LogP contribution is 2.19. The molecule has 0 aromatic heterocycles. The van der Waals surface area contributed by atoms with Gasteiger partial charge in [-0.2, -0.15) is 0 Å². The highest BCUT2D eigenvalue weighted by Gasteiger charge is 2.31. The molecule has 414 valence electrons. The van der Waals surface area contributed by atoms with Crippen molar-refractivity contribution >= 4 is 65.2 Å². The fourth-order valence-corrected chi connectivity index (χ4v) is 7.65. The predicted molar refractivity (Wildman–Crippen MR) is 272 cm³/mol. The number of phenols is 1. The van der Waals surface area contributed by atoms with Crippen LogP contribution in [0.2, 0.25) is 0 Å². The molecule has 0 spiro atoms. The van der Waals surface area contributed by atoms with E-state index in [2.05, 4.69) is 37.2 Å². The van der Waals surface area contributed by atoms with E-state index in [1.807, 2.05) is 0 Å². The summed E-state index contributed by atoms with van der Waals surface area (Å²) in [6.07, 6.45) is 4.03. The summed E-state index contributed by atoms with van der Waals surface area (Å²) in [6, 6.07) is 6.27. The van der Waals surface area contributed by atoms with Gasteiger partial charge in [-0.1, -0.05) is 62.2 Å². The van der Waals surface area contributed by atoms with Crippen molar-refractivity contribution in [3.8, 4) is 5.75 Å². The number of hydrogen-bond acceptors (Lipinski definition) is 12. The lowest BCUT2D eigenvalue weighted by molar-refractivity contribution is -0.143. The number of carbonyl (C=O) groups excluding carboxylic acids is 7. The van der Waals surface area contributed by atoms with Crippen LogP contribution in [0, 0.1) is 12.8 Å². The lowest BCUT2D eigenvalue weighted by atomic mass is 10.00. The van der Waals surface area contributed by atoms with E-state index in [1.54, 1.807) is 49.4 Å². The Labute approximate surface area is 436 Å². The standard InChI is InChI=1S/C52H75N7O16/c1-32(49(69)70)21-25-45(64)55-40(31-36-22-24-42(61)33(2)29-36)47(67)57-41(30-35-15-7-6-8-16-35)48(68)56-38(50(71)72)18-12-14-28-54-44(63)20-10-5-4-9-19-43(62)53-27-13-11-17-37(34(3)60)58-52(75)59-39(51(73)74)23-26-46(65)66/h6-8,15-16,22,24,29,32,37-41,61H,4-5,9-14,17-21,23,25-28,30-31H2,1-3H3,(H,53,62)(H,54,63)(H,55,64)(H,56,68)(H,57,67)(H,65,66)(H,69,70)(H,71,72)(H,73,74)(H2,58,59,75)/t32-,37+,38-,39+,40-,41-/m1/s1. The largest absolute Gasteiger partial charge is 0.508 e. The van der Waals surface area contributed by atoms with E-state index in [4.69, 9.17) is 5.11 Å². The molecule has 0 radical (unpaired) electrons. The van der Waals surface area contributed by atoms with E-state index in [9.17, 15) is 73.2 Å². The van der Waals surface area contributed by atoms with Crippen LogP contribution in [-0.2, 0) is 60.8 Å². The number of rotatable bonds is 38. The van der Waals surface area contributed by atoms with Crippen LogP contribution in [0.4, 0.5) is 4.79 Å². The summed E-state index contributed by atoms with van der Waals surface area (Å²) in [5.74, 6) is -8.63. The van der Waals surface area contributed by atoms with Gasteiger partial charge in [-0.3, -0.25) is 38.4 Å². The van der Waals surface area contributed by atoms with E-state index in [0.29, 0.717) is 74.6 Å². The van der Waals surface area contributed by atoms with Gasteiger partial charge in [-0.05, 0) is 101 Å². The third-order valence-corrected chi connectivity index (χ3v) is 12.2. The summed E-state index contributed by atoms with van der Waals surface area (Å²) < 4.78 is 0. The molecule has 0 saturated carbocycles. The maximum atomic E-state index is 13.9. The molecule has 0 bridgehead atoms. The van der Waals surface area contributed by atoms with Crippen molar-refractivity contribution in [1.82, 2.24) is 37.2 Å². The number of unbranched alkanes of at least 4 members (excludes halogenated alkanes) is 5. The lowest BCUT2D eigenvalue weighted by Crippen LogP contribution is -2.57. The number of Topliss-reactive ketones (excluding diaryl/α,β-unsaturated/α-hetero) is 1. The van der Waals surface area contributed by atoms with Crippen LogP contribution in [0.25, 0.3) is 0 Å². The highest BCUT2D eigenvalue weighted by atomic mass is 16.4. The second-order valence-electron chi connectivity index (χ2n) is 18.6. The summed E-state index contributed by atoms with van der Waals surface area (Å²) >= 11 is 0. The van der Waals surface area contributed by atoms with Gasteiger partial charge in [0.15, 0.2) is 5.78 Å². The Hall–Kier alpha value is -7.59. The zero-order valence-corrected chi connectivity index (χ0v) is 43.0. The van der Waals surface area contributed by atoms with Gasteiger partial charge < -0.3 is 62.8 Å². The van der Waals surface area contributed by atoms with Crippen molar-refractivity contribution in [1.29, 1.82) is 0 Å². The molecule has 23 nitrogen and oxygen atoms in total. The lowest BCUT2D eigenvalue weighted by Gasteiger charge is -2.25. The molecule has 0 heterocycles. The smallest absolute Gasteiger partial charge is 0.326 e. The molecule has 0 saturated heterocycles. The number of aromatic hydroxyl groups is 1. The molecule has 0 aliphatic rings. The third-order valence-electron chi connectivity index (χ3n) is 12.2. The van der Waals surface area contributed by atoms with Crippen molar-refractivity contribution < 1.29 is 78.3 Å². The average Bonchev–Trinajstić information content (AvgIpc) is 3.35. The molecule has 12 N–H and O–H groups in total. The molecule has 23 heteroatoms. The maximum absolute atomic E-state index is 13.9. The van der Waals surface area contributed by atoms with Gasteiger partial charge in [0.25, 0.3) is 0 Å². The fraction of sp³-hybridized carbons (Fsp3) is 0.558. The summed E-state index contributed by atoms with van der Waals surface area (Å²) in [5.41, 5.74) is 1.76. The Morgan fingerprint density at radius 1 is 0.480 bits per heavy atom. The van der Waals surface area contributed by atoms with Crippen LogP contribution in [0.1, 0.15) is 133 Å². The molecule has 2 aromatic rings. The topological polar surface area (TPSA) is 373 Å². The van der Waals surface area contributed by atoms with Crippen LogP contribution >= 0.6 is 0 Å². The maximum Gasteiger partial charge on any atom is 0.326 e. The number of carboxylic acids is 4. The molecule has 2 rings (SSSR count). The Balaban J connectivity index is 1.78. The zero-order chi connectivity index (χ0) is 55.9. The van der Waals surface area contributed by atoms with E-state index >= 15 is 0 Å². The van der Waals surface area contributed by atoms with Crippen molar-refractivity contribution in [2.75, 3.05) is 13.1 Å². The van der Waals surface area contributed by atoms with E-state index in [1.165, 1.54) is 19.9 Å². The number of ketones is 1. The Bertz CT molecular complexity index is 2240. The van der Waals surface area contributed by atoms with Gasteiger partial charge in [0.05, 0.1) is 12.0 Å². The van der Waals surface area contributed by atoms with Crippen LogP contribution < -0.4 is 37.2 Å². The first-order valence-corrected chi connectivity index (χ1v) is 25.3. The highest BCUT2D eigenvalue weighted by molar-refractivity contribution is 5.94. The Morgan fingerprint density at radius 3 is 1.51 bits per heavy atom. The quantitative estimate of drug-likeness (QED) is 0.0430. The first kappa shape index (κ1) is 63.5. The monoisotopic (exact) mass is 1050 g/mol. The minimum atomic E-state index is -1.44. The molecule has 6 atom stereocenters. The molecule has 75 heavy (non-hydrogen) atoms. The summed E-state index contributed by atoms with van der Waals surface area (Å²) in [6.45, 7) is 4.99. The van der Waals surface area contributed by atoms with Crippen molar-refractivity contribution in [3.63, 3.8) is 0 Å². The van der Waals surface area contributed by atoms with Crippen molar-refractivity contribution in [2.24, 2.45) is 5.92 Å². The molecule has 0 aliphatic carbocycles. The number of carbonyl (C=O) groups is 11. The second kappa shape index (κ2) is 34.8. The molecular weight excluding hydrogens is 979 g/mol.